The Morgan fingerprint density at radius 3 is 2.58 bits per heavy atom. The van der Waals surface area contributed by atoms with Gasteiger partial charge < -0.3 is 9.15 Å². The summed E-state index contributed by atoms with van der Waals surface area (Å²) in [6.07, 6.45) is 2.99. The van der Waals surface area contributed by atoms with Crippen molar-refractivity contribution in [2.45, 2.75) is 6.61 Å². The van der Waals surface area contributed by atoms with Crippen molar-refractivity contribution in [1.29, 1.82) is 0 Å². The van der Waals surface area contributed by atoms with Crippen LogP contribution in [0.3, 0.4) is 0 Å². The fraction of sp³-hybridized carbons (Fsp3) is 0.0500. The van der Waals surface area contributed by atoms with Gasteiger partial charge in [0.05, 0.1) is 5.02 Å². The maximum atomic E-state index is 13.0. The molecule has 0 bridgehead atoms. The first-order valence-electron chi connectivity index (χ1n) is 7.66. The lowest BCUT2D eigenvalue weighted by Gasteiger charge is -2.05. The van der Waals surface area contributed by atoms with Crippen LogP contribution >= 0.6 is 23.2 Å². The van der Waals surface area contributed by atoms with Gasteiger partial charge in [-0.25, -0.2) is 4.39 Å². The largest absolute Gasteiger partial charge is 0.484 e. The van der Waals surface area contributed by atoms with E-state index in [1.54, 1.807) is 42.5 Å². The molecule has 0 aliphatic carbocycles. The van der Waals surface area contributed by atoms with Crippen LogP contribution in [0, 0.1) is 5.82 Å². The number of halogens is 3. The standard InChI is InChI=1S/C20H13Cl2FO3/c21-14-3-1-13(2-4-14)19(24)9-8-16-6-7-17(26-16)12-25-20-10-5-15(23)11-18(20)22/h1-11H,12H2/b9-8+. The highest BCUT2D eigenvalue weighted by Crippen LogP contribution is 2.26. The van der Waals surface area contributed by atoms with Crippen LogP contribution in [-0.2, 0) is 6.61 Å². The van der Waals surface area contributed by atoms with E-state index in [4.69, 9.17) is 32.4 Å². The molecule has 132 valence electrons. The summed E-state index contributed by atoms with van der Waals surface area (Å²) in [5.74, 6) is 0.826. The molecule has 0 atom stereocenters. The van der Waals surface area contributed by atoms with E-state index in [-0.39, 0.29) is 17.4 Å². The first-order chi connectivity index (χ1) is 12.5. The van der Waals surface area contributed by atoms with Gasteiger partial charge >= 0.3 is 0 Å². The Hall–Kier alpha value is -2.56. The molecule has 6 heteroatoms. The Morgan fingerprint density at radius 2 is 1.85 bits per heavy atom. The molecular formula is C20H13Cl2FO3. The molecule has 0 N–H and O–H groups in total. The summed E-state index contributed by atoms with van der Waals surface area (Å²) in [6, 6.07) is 14.0. The predicted molar refractivity (Wildman–Crippen MR) is 99.3 cm³/mol. The molecule has 1 aromatic heterocycles. The Morgan fingerprint density at radius 1 is 1.08 bits per heavy atom. The number of allylic oxidation sites excluding steroid dienone is 1. The molecule has 2 aromatic carbocycles. The first kappa shape index (κ1) is 18.2. The van der Waals surface area contributed by atoms with Gasteiger partial charge in [0.15, 0.2) is 5.78 Å². The molecule has 0 radical (unpaired) electrons. The highest BCUT2D eigenvalue weighted by Gasteiger charge is 2.06. The zero-order valence-electron chi connectivity index (χ0n) is 13.4. The Bertz CT molecular complexity index is 946. The number of carbonyl (C=O) groups excluding carboxylic acids is 1. The molecule has 0 amide bonds. The minimum Gasteiger partial charge on any atom is -0.484 e. The summed E-state index contributed by atoms with van der Waals surface area (Å²) in [6.45, 7) is 0.129. The van der Waals surface area contributed by atoms with Crippen LogP contribution in [0.5, 0.6) is 5.75 Å². The lowest BCUT2D eigenvalue weighted by atomic mass is 10.1. The molecule has 3 aromatic rings. The summed E-state index contributed by atoms with van der Waals surface area (Å²) >= 11 is 11.7. The number of ether oxygens (including phenoxy) is 1. The molecule has 26 heavy (non-hydrogen) atoms. The zero-order chi connectivity index (χ0) is 18.5. The monoisotopic (exact) mass is 390 g/mol. The number of carbonyl (C=O) groups is 1. The van der Waals surface area contributed by atoms with Crippen molar-refractivity contribution >= 4 is 35.1 Å². The molecule has 0 unspecified atom stereocenters. The van der Waals surface area contributed by atoms with Gasteiger partial charge in [-0.1, -0.05) is 23.2 Å². The number of ketones is 1. The summed E-state index contributed by atoms with van der Waals surface area (Å²) in [7, 11) is 0. The van der Waals surface area contributed by atoms with Crippen LogP contribution in [0.1, 0.15) is 21.9 Å². The van der Waals surface area contributed by atoms with Crippen LogP contribution < -0.4 is 4.74 Å². The average molecular weight is 391 g/mol. The maximum Gasteiger partial charge on any atom is 0.185 e. The topological polar surface area (TPSA) is 39.4 Å². The van der Waals surface area contributed by atoms with Gasteiger partial charge in [0.1, 0.15) is 29.7 Å². The zero-order valence-corrected chi connectivity index (χ0v) is 14.9. The van der Waals surface area contributed by atoms with Crippen LogP contribution in [0.25, 0.3) is 6.08 Å². The van der Waals surface area contributed by atoms with E-state index in [1.807, 2.05) is 0 Å². The van der Waals surface area contributed by atoms with Crippen LogP contribution in [0.2, 0.25) is 10.0 Å². The fourth-order valence-electron chi connectivity index (χ4n) is 2.17. The third-order valence-electron chi connectivity index (χ3n) is 3.47. The highest BCUT2D eigenvalue weighted by molar-refractivity contribution is 6.32. The Balaban J connectivity index is 1.60. The van der Waals surface area contributed by atoms with E-state index in [9.17, 15) is 9.18 Å². The smallest absolute Gasteiger partial charge is 0.185 e. The normalized spacial score (nSPS) is 11.0. The van der Waals surface area contributed by atoms with Gasteiger partial charge in [-0.2, -0.15) is 0 Å². The van der Waals surface area contributed by atoms with Gasteiger partial charge in [-0.3, -0.25) is 4.79 Å². The number of benzene rings is 2. The Labute approximate surface area is 159 Å². The highest BCUT2D eigenvalue weighted by atomic mass is 35.5. The molecule has 3 rings (SSSR count). The summed E-state index contributed by atoms with van der Waals surface area (Å²) in [5, 5.41) is 0.757. The van der Waals surface area contributed by atoms with E-state index < -0.39 is 5.82 Å². The molecule has 0 aliphatic heterocycles. The van der Waals surface area contributed by atoms with Crippen molar-refractivity contribution in [3.63, 3.8) is 0 Å². The van der Waals surface area contributed by atoms with Gasteiger partial charge in [0, 0.05) is 10.6 Å². The second kappa shape index (κ2) is 8.21. The fourth-order valence-corrected chi connectivity index (χ4v) is 2.52. The van der Waals surface area contributed by atoms with Crippen molar-refractivity contribution < 1.29 is 18.3 Å². The summed E-state index contributed by atoms with van der Waals surface area (Å²) in [4.78, 5) is 12.1. The van der Waals surface area contributed by atoms with Gasteiger partial charge in [-0.15, -0.1) is 0 Å². The lowest BCUT2D eigenvalue weighted by molar-refractivity contribution is 0.104. The SMILES string of the molecule is O=C(/C=C/c1ccc(COc2ccc(F)cc2Cl)o1)c1ccc(Cl)cc1. The van der Waals surface area contributed by atoms with E-state index in [2.05, 4.69) is 0 Å². The predicted octanol–water partition coefficient (Wildman–Crippen LogP) is 6.20. The molecule has 0 saturated heterocycles. The number of rotatable bonds is 6. The molecular weight excluding hydrogens is 378 g/mol. The second-order valence-corrected chi connectivity index (χ2v) is 6.22. The first-order valence-corrected chi connectivity index (χ1v) is 8.41. The number of furan rings is 1. The minimum absolute atomic E-state index is 0.129. The molecule has 3 nitrogen and oxygen atoms in total. The van der Waals surface area contributed by atoms with E-state index in [0.717, 1.165) is 0 Å². The summed E-state index contributed by atoms with van der Waals surface area (Å²) in [5.41, 5.74) is 0.534. The average Bonchev–Trinajstić information content (AvgIpc) is 3.07. The molecule has 0 saturated carbocycles. The van der Waals surface area contributed by atoms with Crippen molar-refractivity contribution in [2.75, 3.05) is 0 Å². The quantitative estimate of drug-likeness (QED) is 0.371. The van der Waals surface area contributed by atoms with E-state index in [0.29, 0.717) is 27.9 Å². The molecule has 1 heterocycles. The van der Waals surface area contributed by atoms with E-state index >= 15 is 0 Å². The van der Waals surface area contributed by atoms with Crippen molar-refractivity contribution in [1.82, 2.24) is 0 Å². The van der Waals surface area contributed by atoms with E-state index in [1.165, 1.54) is 24.3 Å². The maximum absolute atomic E-state index is 13.0. The molecule has 0 aliphatic rings. The van der Waals surface area contributed by atoms with Crippen molar-refractivity contribution in [3.8, 4) is 5.75 Å². The third kappa shape index (κ3) is 4.75. The van der Waals surface area contributed by atoms with Crippen molar-refractivity contribution in [3.05, 3.63) is 93.6 Å². The minimum atomic E-state index is -0.432. The number of hydrogen-bond acceptors (Lipinski definition) is 3. The second-order valence-electron chi connectivity index (χ2n) is 5.37. The van der Waals surface area contributed by atoms with Gasteiger partial charge in [-0.05, 0) is 66.7 Å². The molecule has 0 spiro atoms. The third-order valence-corrected chi connectivity index (χ3v) is 4.02. The summed E-state index contributed by atoms with van der Waals surface area (Å²) < 4.78 is 24.1. The van der Waals surface area contributed by atoms with Gasteiger partial charge in [0.25, 0.3) is 0 Å². The van der Waals surface area contributed by atoms with Crippen LogP contribution in [0.4, 0.5) is 4.39 Å². The van der Waals surface area contributed by atoms with Gasteiger partial charge in [0.2, 0.25) is 0 Å². The number of hydrogen-bond donors (Lipinski definition) is 0. The molecule has 0 fully saturated rings. The Kier molecular flexibility index (Phi) is 5.76. The lowest BCUT2D eigenvalue weighted by Crippen LogP contribution is -1.94. The van der Waals surface area contributed by atoms with Crippen LogP contribution in [0.15, 0.2) is 65.1 Å². The van der Waals surface area contributed by atoms with Crippen LogP contribution in [-0.4, -0.2) is 5.78 Å². The van der Waals surface area contributed by atoms with Crippen molar-refractivity contribution in [2.24, 2.45) is 0 Å².